The quantitative estimate of drug-likeness (QED) is 0.600. The summed E-state index contributed by atoms with van der Waals surface area (Å²) < 4.78 is 52.3. The summed E-state index contributed by atoms with van der Waals surface area (Å²) in [5.74, 6) is -1.12. The molecule has 0 N–H and O–H groups in total. The van der Waals surface area contributed by atoms with Crippen LogP contribution >= 0.6 is 15.9 Å². The Bertz CT molecular complexity index is 518. The molecular weight excluding hydrogens is 342 g/mol. The van der Waals surface area contributed by atoms with E-state index < -0.39 is 23.1 Å². The number of halogens is 5. The summed E-state index contributed by atoms with van der Waals surface area (Å²) in [6.07, 6.45) is -4.35. The lowest BCUT2D eigenvalue weighted by Gasteiger charge is -2.20. The highest BCUT2D eigenvalue weighted by molar-refractivity contribution is 9.09. The van der Waals surface area contributed by atoms with E-state index >= 15 is 0 Å². The highest BCUT2D eigenvalue weighted by Crippen LogP contribution is 2.34. The van der Waals surface area contributed by atoms with Crippen molar-refractivity contribution in [1.82, 2.24) is 4.90 Å². The Hall–Kier alpha value is -1.11. The van der Waals surface area contributed by atoms with Crippen molar-refractivity contribution in [1.29, 1.82) is 0 Å². The molecule has 1 atom stereocenters. The van der Waals surface area contributed by atoms with Gasteiger partial charge in [-0.2, -0.15) is 13.2 Å². The van der Waals surface area contributed by atoms with E-state index in [1.54, 1.807) is 0 Å². The van der Waals surface area contributed by atoms with Crippen molar-refractivity contribution in [3.63, 3.8) is 0 Å². The SMILES string of the molecule is O=C1CC(CBr)CN1Cc1c(F)cccc1C(F)(F)F. The average molecular weight is 354 g/mol. The summed E-state index contributed by atoms with van der Waals surface area (Å²) in [4.78, 5) is 13.0. The van der Waals surface area contributed by atoms with Gasteiger partial charge in [-0.15, -0.1) is 0 Å². The Balaban J connectivity index is 2.28. The third-order valence-electron chi connectivity index (χ3n) is 3.29. The molecule has 7 heteroatoms. The first kappa shape index (κ1) is 15.3. The maximum Gasteiger partial charge on any atom is 0.416 e. The Labute approximate surface area is 121 Å². The van der Waals surface area contributed by atoms with E-state index in [4.69, 9.17) is 0 Å². The Morgan fingerprint density at radius 3 is 2.60 bits per heavy atom. The zero-order chi connectivity index (χ0) is 14.9. The topological polar surface area (TPSA) is 20.3 Å². The lowest BCUT2D eigenvalue weighted by molar-refractivity contribution is -0.139. The van der Waals surface area contributed by atoms with Crippen LogP contribution < -0.4 is 0 Å². The molecule has 1 aromatic rings. The molecule has 20 heavy (non-hydrogen) atoms. The fourth-order valence-corrected chi connectivity index (χ4v) is 2.72. The van der Waals surface area contributed by atoms with E-state index in [0.29, 0.717) is 11.9 Å². The Kier molecular flexibility index (Phi) is 4.36. The Morgan fingerprint density at radius 1 is 1.35 bits per heavy atom. The van der Waals surface area contributed by atoms with Crippen molar-refractivity contribution in [3.8, 4) is 0 Å². The van der Waals surface area contributed by atoms with E-state index in [1.165, 1.54) is 4.90 Å². The summed E-state index contributed by atoms with van der Waals surface area (Å²) in [6, 6.07) is 2.84. The van der Waals surface area contributed by atoms with Crippen molar-refractivity contribution >= 4 is 21.8 Å². The molecule has 1 unspecified atom stereocenters. The molecule has 110 valence electrons. The summed E-state index contributed by atoms with van der Waals surface area (Å²) in [7, 11) is 0. The third-order valence-corrected chi connectivity index (χ3v) is 4.20. The minimum Gasteiger partial charge on any atom is -0.338 e. The van der Waals surface area contributed by atoms with E-state index in [1.807, 2.05) is 0 Å². The predicted octanol–water partition coefficient (Wildman–Crippen LogP) is 3.59. The van der Waals surface area contributed by atoms with Gasteiger partial charge in [0, 0.05) is 30.4 Å². The number of rotatable bonds is 3. The van der Waals surface area contributed by atoms with Crippen LogP contribution in [0.2, 0.25) is 0 Å². The number of nitrogens with zero attached hydrogens (tertiary/aromatic N) is 1. The zero-order valence-corrected chi connectivity index (χ0v) is 12.0. The molecule has 1 aliphatic heterocycles. The van der Waals surface area contributed by atoms with Gasteiger partial charge in [-0.3, -0.25) is 4.79 Å². The van der Waals surface area contributed by atoms with E-state index in [2.05, 4.69) is 15.9 Å². The van der Waals surface area contributed by atoms with Gasteiger partial charge in [-0.1, -0.05) is 22.0 Å². The van der Waals surface area contributed by atoms with Gasteiger partial charge in [0.2, 0.25) is 5.91 Å². The molecule has 1 aromatic carbocycles. The van der Waals surface area contributed by atoms with E-state index in [0.717, 1.165) is 18.2 Å². The molecule has 1 heterocycles. The van der Waals surface area contributed by atoms with Gasteiger partial charge in [0.25, 0.3) is 0 Å². The molecule has 0 saturated carbocycles. The second-order valence-electron chi connectivity index (χ2n) is 4.76. The van der Waals surface area contributed by atoms with Crippen molar-refractivity contribution in [3.05, 3.63) is 35.1 Å². The number of alkyl halides is 4. The van der Waals surface area contributed by atoms with Crippen LogP contribution in [0, 0.1) is 11.7 Å². The number of benzene rings is 1. The number of carbonyl (C=O) groups excluding carboxylic acids is 1. The van der Waals surface area contributed by atoms with Crippen molar-refractivity contribution in [2.45, 2.75) is 19.1 Å². The molecule has 1 aliphatic rings. The summed E-state index contributed by atoms with van der Waals surface area (Å²) in [5.41, 5.74) is -1.49. The first-order valence-electron chi connectivity index (χ1n) is 6.01. The lowest BCUT2D eigenvalue weighted by atomic mass is 10.1. The first-order valence-corrected chi connectivity index (χ1v) is 7.13. The van der Waals surface area contributed by atoms with Gasteiger partial charge in [0.05, 0.1) is 5.56 Å². The van der Waals surface area contributed by atoms with Crippen LogP contribution in [0.4, 0.5) is 17.6 Å². The molecule has 0 bridgehead atoms. The largest absolute Gasteiger partial charge is 0.416 e. The van der Waals surface area contributed by atoms with E-state index in [-0.39, 0.29) is 24.8 Å². The van der Waals surface area contributed by atoms with Gasteiger partial charge in [-0.25, -0.2) is 4.39 Å². The molecule has 0 aliphatic carbocycles. The van der Waals surface area contributed by atoms with Gasteiger partial charge in [0.15, 0.2) is 0 Å². The maximum absolute atomic E-state index is 13.7. The average Bonchev–Trinajstić information content (AvgIpc) is 2.71. The third kappa shape index (κ3) is 3.13. The highest BCUT2D eigenvalue weighted by atomic mass is 79.9. The molecule has 1 fully saturated rings. The molecule has 2 rings (SSSR count). The number of carbonyl (C=O) groups is 1. The van der Waals surface area contributed by atoms with Crippen LogP contribution in [0.1, 0.15) is 17.5 Å². The van der Waals surface area contributed by atoms with Crippen molar-refractivity contribution < 1.29 is 22.4 Å². The molecule has 0 spiro atoms. The van der Waals surface area contributed by atoms with Crippen LogP contribution in [-0.2, 0) is 17.5 Å². The highest BCUT2D eigenvalue weighted by Gasteiger charge is 2.36. The minimum absolute atomic E-state index is 0.0589. The van der Waals surface area contributed by atoms with Gasteiger partial charge in [0.1, 0.15) is 5.82 Å². The maximum atomic E-state index is 13.7. The van der Waals surface area contributed by atoms with Gasteiger partial charge >= 0.3 is 6.18 Å². The van der Waals surface area contributed by atoms with Crippen molar-refractivity contribution in [2.24, 2.45) is 5.92 Å². The van der Waals surface area contributed by atoms with Crippen molar-refractivity contribution in [2.75, 3.05) is 11.9 Å². The van der Waals surface area contributed by atoms with Gasteiger partial charge in [-0.05, 0) is 18.1 Å². The first-order chi connectivity index (χ1) is 9.32. The molecule has 1 amide bonds. The van der Waals surface area contributed by atoms with Crippen LogP contribution in [-0.4, -0.2) is 22.7 Å². The number of hydrogen-bond acceptors (Lipinski definition) is 1. The molecule has 2 nitrogen and oxygen atoms in total. The summed E-state index contributed by atoms with van der Waals surface area (Å²) in [5, 5.41) is 0.596. The standard InChI is InChI=1S/C13H12BrF4NO/c14-5-8-4-12(20)19(6-8)7-9-10(13(16,17)18)2-1-3-11(9)15/h1-3,8H,4-7H2. The molecular formula is C13H12BrF4NO. The predicted molar refractivity (Wildman–Crippen MR) is 68.7 cm³/mol. The van der Waals surface area contributed by atoms with E-state index in [9.17, 15) is 22.4 Å². The number of amides is 1. The lowest BCUT2D eigenvalue weighted by Crippen LogP contribution is -2.27. The molecule has 1 saturated heterocycles. The molecule has 0 radical (unpaired) electrons. The number of likely N-dealkylation sites (tertiary alicyclic amines) is 1. The normalized spacial score (nSPS) is 19.8. The molecule has 0 aromatic heterocycles. The minimum atomic E-state index is -4.63. The fraction of sp³-hybridized carbons (Fsp3) is 0.462. The van der Waals surface area contributed by atoms with Crippen LogP contribution in [0.3, 0.4) is 0 Å². The Morgan fingerprint density at radius 2 is 2.05 bits per heavy atom. The summed E-state index contributed by atoms with van der Waals surface area (Å²) in [6.45, 7) is -0.000432. The van der Waals surface area contributed by atoms with Crippen LogP contribution in [0.15, 0.2) is 18.2 Å². The zero-order valence-electron chi connectivity index (χ0n) is 10.4. The fourth-order valence-electron chi connectivity index (χ4n) is 2.29. The number of hydrogen-bond donors (Lipinski definition) is 0. The summed E-state index contributed by atoms with van der Waals surface area (Å²) >= 11 is 3.24. The monoisotopic (exact) mass is 353 g/mol. The van der Waals surface area contributed by atoms with Crippen LogP contribution in [0.25, 0.3) is 0 Å². The smallest absolute Gasteiger partial charge is 0.338 e. The van der Waals surface area contributed by atoms with Gasteiger partial charge < -0.3 is 4.90 Å². The second-order valence-corrected chi connectivity index (χ2v) is 5.41. The second kappa shape index (κ2) is 5.71. The van der Waals surface area contributed by atoms with Crippen LogP contribution in [0.5, 0.6) is 0 Å².